The molecule has 0 bridgehead atoms. The molecule has 3 nitrogen and oxygen atoms in total. The Morgan fingerprint density at radius 1 is 1.53 bits per heavy atom. The van der Waals surface area contributed by atoms with Gasteiger partial charge in [-0.3, -0.25) is 4.57 Å². The normalized spacial score (nSPS) is 10.2. The number of imidazole rings is 1. The fraction of sp³-hybridized carbons (Fsp3) is 0.0833. The van der Waals surface area contributed by atoms with Crippen LogP contribution in [0.4, 0.5) is 5.95 Å². The lowest BCUT2D eigenvalue weighted by atomic mass is 10.3. The van der Waals surface area contributed by atoms with Crippen molar-refractivity contribution in [3.63, 3.8) is 0 Å². The van der Waals surface area contributed by atoms with E-state index in [4.69, 9.17) is 11.6 Å². The summed E-state index contributed by atoms with van der Waals surface area (Å²) in [5.74, 6) is 0.757. The van der Waals surface area contributed by atoms with Gasteiger partial charge in [-0.2, -0.15) is 0 Å². The summed E-state index contributed by atoms with van der Waals surface area (Å²) >= 11 is 8.46. The van der Waals surface area contributed by atoms with Gasteiger partial charge in [0.05, 0.1) is 10.7 Å². The lowest BCUT2D eigenvalue weighted by Crippen LogP contribution is -2.06. The fourth-order valence-corrected chi connectivity index (χ4v) is 2.42. The Balaban J connectivity index is 2.38. The van der Waals surface area contributed by atoms with Crippen LogP contribution in [0.1, 0.15) is 0 Å². The maximum absolute atomic E-state index is 6.23. The molecule has 0 aliphatic rings. The average Bonchev–Trinajstić information content (AvgIpc) is 2.74. The summed E-state index contributed by atoms with van der Waals surface area (Å²) in [5, 5.41) is 3.86. The van der Waals surface area contributed by atoms with E-state index < -0.39 is 0 Å². The minimum absolute atomic E-state index is 0.666. The van der Waals surface area contributed by atoms with Crippen molar-refractivity contribution in [2.75, 3.05) is 11.9 Å². The van der Waals surface area contributed by atoms with E-state index in [0.29, 0.717) is 11.6 Å². The van der Waals surface area contributed by atoms with Crippen molar-refractivity contribution in [1.82, 2.24) is 9.55 Å². The highest BCUT2D eigenvalue weighted by Gasteiger charge is 2.07. The minimum Gasteiger partial charge on any atom is -0.352 e. The van der Waals surface area contributed by atoms with Crippen molar-refractivity contribution >= 4 is 40.1 Å². The summed E-state index contributed by atoms with van der Waals surface area (Å²) < 4.78 is 3.03. The third-order valence-corrected chi connectivity index (χ3v) is 3.19. The van der Waals surface area contributed by atoms with Gasteiger partial charge >= 0.3 is 0 Å². The first kappa shape index (κ1) is 12.4. The van der Waals surface area contributed by atoms with Crippen molar-refractivity contribution in [2.24, 2.45) is 0 Å². The fourth-order valence-electron chi connectivity index (χ4n) is 1.47. The van der Waals surface area contributed by atoms with Gasteiger partial charge in [0.15, 0.2) is 0 Å². The monoisotopic (exact) mass is 359 g/mol. The van der Waals surface area contributed by atoms with Crippen LogP contribution >= 0.6 is 34.2 Å². The third kappa shape index (κ3) is 2.81. The predicted octanol–water partition coefficient (Wildman–Crippen LogP) is 3.73. The average molecular weight is 360 g/mol. The maximum Gasteiger partial charge on any atom is 0.207 e. The molecule has 0 unspecified atom stereocenters. The molecule has 88 valence electrons. The quantitative estimate of drug-likeness (QED) is 0.666. The van der Waals surface area contributed by atoms with E-state index in [1.54, 1.807) is 12.3 Å². The van der Waals surface area contributed by atoms with Crippen LogP contribution in [0.3, 0.4) is 0 Å². The van der Waals surface area contributed by atoms with Crippen LogP contribution in [0.25, 0.3) is 5.69 Å². The molecule has 0 atom stereocenters. The van der Waals surface area contributed by atoms with Crippen LogP contribution < -0.4 is 5.32 Å². The lowest BCUT2D eigenvalue weighted by molar-refractivity contribution is 1.04. The molecule has 1 aromatic heterocycles. The van der Waals surface area contributed by atoms with E-state index in [0.717, 1.165) is 15.2 Å². The molecule has 1 heterocycles. The molecule has 2 aromatic rings. The Hall–Kier alpha value is -1.01. The Kier molecular flexibility index (Phi) is 4.06. The molecule has 0 spiro atoms. The Morgan fingerprint density at radius 3 is 3.06 bits per heavy atom. The number of nitrogens with one attached hydrogen (secondary N) is 1. The van der Waals surface area contributed by atoms with Crippen LogP contribution in [-0.4, -0.2) is 16.1 Å². The van der Waals surface area contributed by atoms with Crippen molar-refractivity contribution in [3.05, 3.63) is 51.8 Å². The highest BCUT2D eigenvalue weighted by atomic mass is 127. The molecular weight excluding hydrogens is 349 g/mol. The van der Waals surface area contributed by atoms with Crippen LogP contribution in [0.2, 0.25) is 5.02 Å². The first-order valence-electron chi connectivity index (χ1n) is 5.06. The SMILES string of the molecule is C=CCNc1nccn1-c1ccc(I)cc1Cl. The molecule has 5 heteroatoms. The second-order valence-corrected chi connectivity index (χ2v) is 5.04. The van der Waals surface area contributed by atoms with Gasteiger partial charge in [0.1, 0.15) is 0 Å². The topological polar surface area (TPSA) is 29.9 Å². The van der Waals surface area contributed by atoms with Gasteiger partial charge in [-0.05, 0) is 40.8 Å². The summed E-state index contributed by atoms with van der Waals surface area (Å²) in [7, 11) is 0. The molecule has 0 saturated carbocycles. The molecule has 0 saturated heterocycles. The van der Waals surface area contributed by atoms with Crippen LogP contribution in [0.15, 0.2) is 43.2 Å². The number of halogens is 2. The molecule has 2 rings (SSSR count). The first-order valence-corrected chi connectivity index (χ1v) is 6.51. The smallest absolute Gasteiger partial charge is 0.207 e. The van der Waals surface area contributed by atoms with Crippen LogP contribution in [0.5, 0.6) is 0 Å². The Morgan fingerprint density at radius 2 is 2.35 bits per heavy atom. The number of benzene rings is 1. The molecule has 0 radical (unpaired) electrons. The molecule has 1 N–H and O–H groups in total. The zero-order valence-electron chi connectivity index (χ0n) is 9.03. The number of nitrogens with zero attached hydrogens (tertiary/aromatic N) is 2. The van der Waals surface area contributed by atoms with E-state index in [2.05, 4.69) is 39.5 Å². The number of hydrogen-bond donors (Lipinski definition) is 1. The second kappa shape index (κ2) is 5.55. The van der Waals surface area contributed by atoms with Crippen molar-refractivity contribution < 1.29 is 0 Å². The third-order valence-electron chi connectivity index (χ3n) is 2.21. The summed E-state index contributed by atoms with van der Waals surface area (Å²) in [4.78, 5) is 4.24. The standard InChI is InChI=1S/C12H11ClIN3/c1-2-5-15-12-16-6-7-17(12)11-4-3-9(14)8-10(11)13/h2-4,6-8H,1,5H2,(H,15,16). The van der Waals surface area contributed by atoms with Crippen molar-refractivity contribution in [3.8, 4) is 5.69 Å². The predicted molar refractivity (Wildman–Crippen MR) is 80.0 cm³/mol. The number of aromatic nitrogens is 2. The van der Waals surface area contributed by atoms with Gasteiger partial charge in [-0.15, -0.1) is 6.58 Å². The van der Waals surface area contributed by atoms with E-state index >= 15 is 0 Å². The molecule has 0 amide bonds. The molecule has 0 aliphatic heterocycles. The highest BCUT2D eigenvalue weighted by Crippen LogP contribution is 2.25. The summed E-state index contributed by atoms with van der Waals surface area (Å²) in [6, 6.07) is 5.92. The Labute approximate surface area is 119 Å². The zero-order chi connectivity index (χ0) is 12.3. The van der Waals surface area contributed by atoms with E-state index in [1.807, 2.05) is 29.0 Å². The first-order chi connectivity index (χ1) is 8.22. The minimum atomic E-state index is 0.666. The number of hydrogen-bond acceptors (Lipinski definition) is 2. The molecule has 0 fully saturated rings. The van der Waals surface area contributed by atoms with Crippen LogP contribution in [0, 0.1) is 3.57 Å². The molecule has 0 aliphatic carbocycles. The van der Waals surface area contributed by atoms with E-state index in [1.165, 1.54) is 0 Å². The van der Waals surface area contributed by atoms with Gasteiger partial charge in [0.2, 0.25) is 5.95 Å². The lowest BCUT2D eigenvalue weighted by Gasteiger charge is -2.10. The van der Waals surface area contributed by atoms with E-state index in [9.17, 15) is 0 Å². The van der Waals surface area contributed by atoms with E-state index in [-0.39, 0.29) is 0 Å². The van der Waals surface area contributed by atoms with Gasteiger partial charge in [0, 0.05) is 22.5 Å². The van der Waals surface area contributed by atoms with Gasteiger partial charge < -0.3 is 5.32 Å². The molecule has 17 heavy (non-hydrogen) atoms. The summed E-state index contributed by atoms with van der Waals surface area (Å²) in [6.07, 6.45) is 5.40. The summed E-state index contributed by atoms with van der Waals surface area (Å²) in [5.41, 5.74) is 0.913. The Bertz CT molecular complexity index is 536. The highest BCUT2D eigenvalue weighted by molar-refractivity contribution is 14.1. The molecular formula is C12H11ClIN3. The van der Waals surface area contributed by atoms with Gasteiger partial charge in [-0.1, -0.05) is 17.7 Å². The second-order valence-electron chi connectivity index (χ2n) is 3.39. The molecule has 1 aromatic carbocycles. The summed E-state index contributed by atoms with van der Waals surface area (Å²) in [6.45, 7) is 4.33. The largest absolute Gasteiger partial charge is 0.352 e. The van der Waals surface area contributed by atoms with Gasteiger partial charge in [-0.25, -0.2) is 4.98 Å². The van der Waals surface area contributed by atoms with Gasteiger partial charge in [0.25, 0.3) is 0 Å². The zero-order valence-corrected chi connectivity index (χ0v) is 11.9. The van der Waals surface area contributed by atoms with Crippen LogP contribution in [-0.2, 0) is 0 Å². The number of anilines is 1. The number of rotatable bonds is 4. The van der Waals surface area contributed by atoms with Crippen molar-refractivity contribution in [1.29, 1.82) is 0 Å². The van der Waals surface area contributed by atoms with Crippen molar-refractivity contribution in [2.45, 2.75) is 0 Å². The maximum atomic E-state index is 6.23.